The lowest BCUT2D eigenvalue weighted by Gasteiger charge is -2.19. The van der Waals surface area contributed by atoms with E-state index < -0.39 is 11.8 Å². The number of benzene rings is 2. The van der Waals surface area contributed by atoms with E-state index in [1.807, 2.05) is 37.4 Å². The van der Waals surface area contributed by atoms with Crippen LogP contribution in [-0.4, -0.2) is 37.9 Å². The Balaban J connectivity index is 1.80. The van der Waals surface area contributed by atoms with Crippen LogP contribution < -0.4 is 20.9 Å². The van der Waals surface area contributed by atoms with Gasteiger partial charge in [-0.15, -0.1) is 0 Å². The summed E-state index contributed by atoms with van der Waals surface area (Å²) in [6, 6.07) is 15.1. The van der Waals surface area contributed by atoms with Gasteiger partial charge in [-0.3, -0.25) is 14.4 Å². The molecule has 3 amide bonds. The lowest BCUT2D eigenvalue weighted by atomic mass is 10.1. The Labute approximate surface area is 165 Å². The first-order valence-corrected chi connectivity index (χ1v) is 9.11. The molecule has 0 saturated carbocycles. The average Bonchev–Trinajstić information content (AvgIpc) is 2.68. The molecule has 0 spiro atoms. The molecule has 3 N–H and O–H groups in total. The number of nitrogens with one attached hydrogen (secondary N) is 3. The largest absolute Gasteiger partial charge is 0.375 e. The molecular formula is C21H26N4O3. The van der Waals surface area contributed by atoms with Crippen LogP contribution >= 0.6 is 0 Å². The lowest BCUT2D eigenvalue weighted by molar-refractivity contribution is -0.136. The van der Waals surface area contributed by atoms with E-state index in [2.05, 4.69) is 20.9 Å². The van der Waals surface area contributed by atoms with Crippen LogP contribution in [0.4, 0.5) is 17.1 Å². The van der Waals surface area contributed by atoms with Gasteiger partial charge < -0.3 is 20.9 Å². The van der Waals surface area contributed by atoms with Crippen LogP contribution in [-0.2, 0) is 14.4 Å². The molecule has 148 valence electrons. The molecule has 7 nitrogen and oxygen atoms in total. The minimum Gasteiger partial charge on any atom is -0.375 e. The van der Waals surface area contributed by atoms with Crippen molar-refractivity contribution in [2.45, 2.75) is 20.3 Å². The number of hydrogen-bond acceptors (Lipinski definition) is 4. The van der Waals surface area contributed by atoms with E-state index in [4.69, 9.17) is 0 Å². The Bertz CT molecular complexity index is 837. The summed E-state index contributed by atoms with van der Waals surface area (Å²) < 4.78 is 0. The minimum absolute atomic E-state index is 0.204. The van der Waals surface area contributed by atoms with Gasteiger partial charge in [0.25, 0.3) is 0 Å². The van der Waals surface area contributed by atoms with E-state index in [1.165, 1.54) is 6.92 Å². The normalized spacial score (nSPS) is 10.1. The van der Waals surface area contributed by atoms with Crippen molar-refractivity contribution in [3.63, 3.8) is 0 Å². The van der Waals surface area contributed by atoms with E-state index in [1.54, 1.807) is 25.1 Å². The van der Waals surface area contributed by atoms with Crippen molar-refractivity contribution in [3.8, 4) is 0 Å². The number of hydrogen-bond donors (Lipinski definition) is 3. The average molecular weight is 382 g/mol. The summed E-state index contributed by atoms with van der Waals surface area (Å²) in [4.78, 5) is 37.5. The SMILES string of the molecule is CC(=O)Nc1cccc(NC(=O)C(=O)NCCCN(C)c2ccccc2)c1C. The highest BCUT2D eigenvalue weighted by Gasteiger charge is 2.15. The van der Waals surface area contributed by atoms with Crippen LogP contribution in [0, 0.1) is 6.92 Å². The number of carbonyl (C=O) groups is 3. The highest BCUT2D eigenvalue weighted by atomic mass is 16.2. The zero-order valence-electron chi connectivity index (χ0n) is 16.4. The molecule has 2 aromatic carbocycles. The standard InChI is InChI=1S/C21H26N4O3/c1-15-18(23-16(2)26)11-7-12-19(15)24-21(28)20(27)22-13-8-14-25(3)17-9-5-4-6-10-17/h4-7,9-12H,8,13-14H2,1-3H3,(H,22,27)(H,23,26)(H,24,28). The first kappa shape index (κ1) is 21.0. The second kappa shape index (κ2) is 10.1. The number of rotatable bonds is 7. The summed E-state index contributed by atoms with van der Waals surface area (Å²) in [7, 11) is 1.98. The first-order chi connectivity index (χ1) is 13.4. The molecule has 0 heterocycles. The second-order valence-electron chi connectivity index (χ2n) is 6.48. The highest BCUT2D eigenvalue weighted by Crippen LogP contribution is 2.23. The third kappa shape index (κ3) is 6.12. The highest BCUT2D eigenvalue weighted by molar-refractivity contribution is 6.39. The maximum Gasteiger partial charge on any atom is 0.313 e. The Kier molecular flexibility index (Phi) is 7.56. The first-order valence-electron chi connectivity index (χ1n) is 9.11. The maximum absolute atomic E-state index is 12.1. The summed E-state index contributed by atoms with van der Waals surface area (Å²) in [6.07, 6.45) is 0.710. The molecule has 0 fully saturated rings. The molecule has 0 aliphatic rings. The summed E-state index contributed by atoms with van der Waals surface area (Å²) in [5.74, 6) is -1.63. The lowest BCUT2D eigenvalue weighted by Crippen LogP contribution is -2.37. The van der Waals surface area contributed by atoms with E-state index in [0.717, 1.165) is 12.2 Å². The van der Waals surface area contributed by atoms with Crippen molar-refractivity contribution in [3.05, 3.63) is 54.1 Å². The van der Waals surface area contributed by atoms with E-state index in [0.29, 0.717) is 29.9 Å². The van der Waals surface area contributed by atoms with Gasteiger partial charge in [-0.1, -0.05) is 24.3 Å². The fraction of sp³-hybridized carbons (Fsp3) is 0.286. The van der Waals surface area contributed by atoms with Crippen LogP contribution in [0.25, 0.3) is 0 Å². The molecule has 0 aliphatic heterocycles. The molecule has 28 heavy (non-hydrogen) atoms. The molecule has 0 aliphatic carbocycles. The Hall–Kier alpha value is -3.35. The van der Waals surface area contributed by atoms with Crippen LogP contribution in [0.15, 0.2) is 48.5 Å². The predicted octanol–water partition coefficient (Wildman–Crippen LogP) is 2.53. The van der Waals surface area contributed by atoms with E-state index in [-0.39, 0.29) is 5.91 Å². The van der Waals surface area contributed by atoms with Crippen LogP contribution in [0.3, 0.4) is 0 Å². The van der Waals surface area contributed by atoms with Gasteiger partial charge in [0, 0.05) is 44.1 Å². The monoisotopic (exact) mass is 382 g/mol. The topological polar surface area (TPSA) is 90.5 Å². The van der Waals surface area contributed by atoms with Crippen molar-refractivity contribution >= 4 is 34.8 Å². The van der Waals surface area contributed by atoms with Gasteiger partial charge in [0.15, 0.2) is 0 Å². The van der Waals surface area contributed by atoms with Gasteiger partial charge in [-0.25, -0.2) is 0 Å². The molecule has 7 heteroatoms. The van der Waals surface area contributed by atoms with Gasteiger partial charge in [0.1, 0.15) is 0 Å². The Morgan fingerprint density at radius 2 is 1.54 bits per heavy atom. The maximum atomic E-state index is 12.1. The van der Waals surface area contributed by atoms with Crippen molar-refractivity contribution < 1.29 is 14.4 Å². The molecule has 0 bridgehead atoms. The zero-order valence-corrected chi connectivity index (χ0v) is 16.4. The summed E-state index contributed by atoms with van der Waals surface area (Å²) >= 11 is 0. The molecule has 0 atom stereocenters. The van der Waals surface area contributed by atoms with Crippen molar-refractivity contribution in [2.24, 2.45) is 0 Å². The van der Waals surface area contributed by atoms with Gasteiger partial charge in [-0.2, -0.15) is 0 Å². The van der Waals surface area contributed by atoms with E-state index >= 15 is 0 Å². The fourth-order valence-corrected chi connectivity index (χ4v) is 2.69. The Morgan fingerprint density at radius 1 is 0.893 bits per heavy atom. The number of amides is 3. The fourth-order valence-electron chi connectivity index (χ4n) is 2.69. The summed E-state index contributed by atoms with van der Waals surface area (Å²) in [5, 5.41) is 7.90. The molecule has 0 saturated heterocycles. The number of para-hydroxylation sites is 1. The zero-order chi connectivity index (χ0) is 20.5. The van der Waals surface area contributed by atoms with Crippen LogP contribution in [0.1, 0.15) is 18.9 Å². The van der Waals surface area contributed by atoms with Gasteiger partial charge >= 0.3 is 11.8 Å². The molecular weight excluding hydrogens is 356 g/mol. The molecule has 0 radical (unpaired) electrons. The number of carbonyl (C=O) groups excluding carboxylic acids is 3. The Morgan fingerprint density at radius 3 is 2.18 bits per heavy atom. The summed E-state index contributed by atoms with van der Waals surface area (Å²) in [6.45, 7) is 4.32. The van der Waals surface area contributed by atoms with Gasteiger partial charge in [0.05, 0.1) is 0 Å². The molecule has 2 rings (SSSR count). The smallest absolute Gasteiger partial charge is 0.313 e. The van der Waals surface area contributed by atoms with Crippen molar-refractivity contribution in [1.82, 2.24) is 5.32 Å². The van der Waals surface area contributed by atoms with Gasteiger partial charge in [-0.05, 0) is 43.2 Å². The van der Waals surface area contributed by atoms with Crippen molar-refractivity contribution in [2.75, 3.05) is 35.7 Å². The van der Waals surface area contributed by atoms with Crippen LogP contribution in [0.2, 0.25) is 0 Å². The van der Waals surface area contributed by atoms with E-state index in [9.17, 15) is 14.4 Å². The molecule has 0 unspecified atom stereocenters. The minimum atomic E-state index is -0.737. The number of nitrogens with zero attached hydrogens (tertiary/aromatic N) is 1. The number of anilines is 3. The molecule has 0 aromatic heterocycles. The third-order valence-electron chi connectivity index (χ3n) is 4.25. The molecule has 2 aromatic rings. The summed E-state index contributed by atoms with van der Waals surface area (Å²) in [5.41, 5.74) is 2.86. The third-order valence-corrected chi connectivity index (χ3v) is 4.25. The predicted molar refractivity (Wildman–Crippen MR) is 111 cm³/mol. The van der Waals surface area contributed by atoms with Crippen molar-refractivity contribution in [1.29, 1.82) is 0 Å². The second-order valence-corrected chi connectivity index (χ2v) is 6.48. The van der Waals surface area contributed by atoms with Crippen LogP contribution in [0.5, 0.6) is 0 Å². The quantitative estimate of drug-likeness (QED) is 0.507. The van der Waals surface area contributed by atoms with Gasteiger partial charge in [0.2, 0.25) is 5.91 Å².